The topological polar surface area (TPSA) is 84.3 Å². The van der Waals surface area contributed by atoms with Crippen LogP contribution in [0.1, 0.15) is 19.8 Å². The predicted molar refractivity (Wildman–Crippen MR) is 56.7 cm³/mol. The zero-order valence-electron chi connectivity index (χ0n) is 9.02. The summed E-state index contributed by atoms with van der Waals surface area (Å²) < 4.78 is 6.50. The summed E-state index contributed by atoms with van der Waals surface area (Å²) in [7, 11) is 0. The molecule has 1 saturated heterocycles. The van der Waals surface area contributed by atoms with Crippen LogP contribution in [0.3, 0.4) is 0 Å². The van der Waals surface area contributed by atoms with Crippen LogP contribution in [0, 0.1) is 0 Å². The van der Waals surface area contributed by atoms with Gasteiger partial charge in [0.2, 0.25) is 5.88 Å². The molecule has 0 aromatic carbocycles. The Hall–Kier alpha value is -1.56. The maximum Gasteiger partial charge on any atom is 0.331 e. The van der Waals surface area contributed by atoms with Gasteiger partial charge in [0.15, 0.2) is 0 Å². The summed E-state index contributed by atoms with van der Waals surface area (Å²) in [5.74, 6) is -0.318. The number of hydrogen-bond acceptors (Lipinski definition) is 4. The van der Waals surface area contributed by atoms with Gasteiger partial charge in [0.1, 0.15) is 0 Å². The molecule has 0 saturated carbocycles. The van der Waals surface area contributed by atoms with Crippen molar-refractivity contribution in [3.8, 4) is 5.88 Å². The first-order valence-electron chi connectivity index (χ1n) is 5.16. The van der Waals surface area contributed by atoms with Crippen LogP contribution in [0.4, 0.5) is 0 Å². The molecule has 1 aliphatic rings. The lowest BCUT2D eigenvalue weighted by atomic mass is 9.94. The molecule has 1 atom stereocenters. The van der Waals surface area contributed by atoms with Gasteiger partial charge in [-0.15, -0.1) is 0 Å². The quantitative estimate of drug-likeness (QED) is 0.692. The van der Waals surface area contributed by atoms with Crippen LogP contribution in [-0.4, -0.2) is 27.9 Å². The molecule has 6 nitrogen and oxygen atoms in total. The second kappa shape index (κ2) is 3.79. The summed E-state index contributed by atoms with van der Waals surface area (Å²) in [6, 6.07) is 1.00. The maximum atomic E-state index is 11.7. The van der Waals surface area contributed by atoms with Gasteiger partial charge in [0.05, 0.1) is 18.2 Å². The van der Waals surface area contributed by atoms with E-state index in [1.807, 2.05) is 6.92 Å². The molecular formula is C10H14N2O4. The Balaban J connectivity index is 2.55. The number of hydrogen-bond donors (Lipinski definition) is 2. The summed E-state index contributed by atoms with van der Waals surface area (Å²) >= 11 is 0. The largest absolute Gasteiger partial charge is 0.494 e. The fourth-order valence-electron chi connectivity index (χ4n) is 2.10. The molecule has 1 aliphatic heterocycles. The number of aromatic nitrogens is 2. The summed E-state index contributed by atoms with van der Waals surface area (Å²) in [6.07, 6.45) is 1.55. The molecule has 0 aliphatic carbocycles. The van der Waals surface area contributed by atoms with Crippen molar-refractivity contribution < 1.29 is 9.84 Å². The van der Waals surface area contributed by atoms with E-state index in [-0.39, 0.29) is 5.88 Å². The zero-order chi connectivity index (χ0) is 11.8. The molecule has 88 valence electrons. The first-order valence-corrected chi connectivity index (χ1v) is 5.16. The van der Waals surface area contributed by atoms with Gasteiger partial charge in [0, 0.05) is 6.61 Å². The third kappa shape index (κ3) is 1.76. The van der Waals surface area contributed by atoms with Crippen LogP contribution in [0.15, 0.2) is 15.7 Å². The molecule has 2 rings (SSSR count). The second-order valence-electron chi connectivity index (χ2n) is 4.29. The highest BCUT2D eigenvalue weighted by Gasteiger charge is 2.32. The molecule has 0 amide bonds. The molecule has 1 aromatic rings. The van der Waals surface area contributed by atoms with Gasteiger partial charge in [-0.2, -0.15) is 0 Å². The monoisotopic (exact) mass is 226 g/mol. The smallest absolute Gasteiger partial charge is 0.331 e. The van der Waals surface area contributed by atoms with Crippen LogP contribution in [-0.2, 0) is 10.3 Å². The van der Waals surface area contributed by atoms with Crippen LogP contribution in [0.5, 0.6) is 5.88 Å². The van der Waals surface area contributed by atoms with Crippen molar-refractivity contribution in [2.75, 3.05) is 13.2 Å². The fraction of sp³-hybridized carbons (Fsp3) is 0.600. The van der Waals surface area contributed by atoms with Gasteiger partial charge in [0.25, 0.3) is 5.56 Å². The molecule has 1 fully saturated rings. The standard InChI is InChI=1S/C10H14N2O4/c1-10(3-2-4-16-6-10)12-8(14)5-7(13)11-9(12)15/h5,14H,2-4,6H2,1H3,(H,11,13,15). The van der Waals surface area contributed by atoms with Crippen LogP contribution < -0.4 is 11.2 Å². The zero-order valence-corrected chi connectivity index (χ0v) is 9.02. The molecule has 0 spiro atoms. The average Bonchev–Trinajstić information content (AvgIpc) is 2.16. The lowest BCUT2D eigenvalue weighted by molar-refractivity contribution is 0.00369. The second-order valence-corrected chi connectivity index (χ2v) is 4.29. The van der Waals surface area contributed by atoms with E-state index in [1.165, 1.54) is 4.57 Å². The van der Waals surface area contributed by atoms with Crippen molar-refractivity contribution in [1.29, 1.82) is 0 Å². The van der Waals surface area contributed by atoms with Crippen molar-refractivity contribution in [2.24, 2.45) is 0 Å². The van der Waals surface area contributed by atoms with Gasteiger partial charge >= 0.3 is 5.69 Å². The predicted octanol–water partition coefficient (Wildman–Crippen LogP) is -0.232. The Labute approximate surface area is 91.5 Å². The van der Waals surface area contributed by atoms with E-state index < -0.39 is 16.8 Å². The van der Waals surface area contributed by atoms with E-state index in [9.17, 15) is 14.7 Å². The van der Waals surface area contributed by atoms with Crippen molar-refractivity contribution in [3.63, 3.8) is 0 Å². The molecule has 1 aromatic heterocycles. The minimum atomic E-state index is -0.599. The van der Waals surface area contributed by atoms with Gasteiger partial charge in [-0.3, -0.25) is 14.3 Å². The van der Waals surface area contributed by atoms with E-state index in [0.29, 0.717) is 13.2 Å². The summed E-state index contributed by atoms with van der Waals surface area (Å²) in [6.45, 7) is 2.84. The third-order valence-corrected chi connectivity index (χ3v) is 2.88. The van der Waals surface area contributed by atoms with Crippen molar-refractivity contribution in [2.45, 2.75) is 25.3 Å². The van der Waals surface area contributed by atoms with E-state index in [2.05, 4.69) is 4.98 Å². The Morgan fingerprint density at radius 3 is 2.88 bits per heavy atom. The highest BCUT2D eigenvalue weighted by atomic mass is 16.5. The van der Waals surface area contributed by atoms with Gasteiger partial charge in [-0.05, 0) is 19.8 Å². The minimum Gasteiger partial charge on any atom is -0.494 e. The molecule has 2 heterocycles. The molecule has 1 unspecified atom stereocenters. The number of H-pyrrole nitrogens is 1. The lowest BCUT2D eigenvalue weighted by Gasteiger charge is -2.35. The Kier molecular flexibility index (Phi) is 2.59. The Bertz CT molecular complexity index is 496. The number of aromatic hydroxyl groups is 1. The summed E-state index contributed by atoms with van der Waals surface area (Å²) in [4.78, 5) is 24.8. The van der Waals surface area contributed by atoms with E-state index in [4.69, 9.17) is 4.74 Å². The van der Waals surface area contributed by atoms with Crippen LogP contribution >= 0.6 is 0 Å². The van der Waals surface area contributed by atoms with E-state index in [0.717, 1.165) is 18.9 Å². The van der Waals surface area contributed by atoms with Crippen LogP contribution in [0.2, 0.25) is 0 Å². The number of rotatable bonds is 1. The molecule has 6 heteroatoms. The molecule has 2 N–H and O–H groups in total. The summed E-state index contributed by atoms with van der Waals surface area (Å²) in [5.41, 5.74) is -1.79. The molecule has 0 radical (unpaired) electrons. The molecular weight excluding hydrogens is 212 g/mol. The van der Waals surface area contributed by atoms with Crippen molar-refractivity contribution in [3.05, 3.63) is 26.9 Å². The van der Waals surface area contributed by atoms with Gasteiger partial charge in [-0.1, -0.05) is 0 Å². The van der Waals surface area contributed by atoms with Crippen molar-refractivity contribution >= 4 is 0 Å². The van der Waals surface area contributed by atoms with Gasteiger partial charge in [-0.25, -0.2) is 4.79 Å². The number of aromatic amines is 1. The first kappa shape index (κ1) is 10.9. The van der Waals surface area contributed by atoms with Gasteiger partial charge < -0.3 is 9.84 Å². The number of nitrogens with zero attached hydrogens (tertiary/aromatic N) is 1. The highest BCUT2D eigenvalue weighted by Crippen LogP contribution is 2.27. The lowest BCUT2D eigenvalue weighted by Crippen LogP contribution is -2.46. The third-order valence-electron chi connectivity index (χ3n) is 2.88. The SMILES string of the molecule is CC1(n2c(O)cc(=O)[nH]c2=O)CCCOC1. The average molecular weight is 226 g/mol. The Morgan fingerprint density at radius 1 is 1.56 bits per heavy atom. The highest BCUT2D eigenvalue weighted by molar-refractivity contribution is 5.10. The van der Waals surface area contributed by atoms with E-state index >= 15 is 0 Å². The molecule has 0 bridgehead atoms. The maximum absolute atomic E-state index is 11.7. The minimum absolute atomic E-state index is 0.318. The van der Waals surface area contributed by atoms with E-state index in [1.54, 1.807) is 0 Å². The van der Waals surface area contributed by atoms with Crippen molar-refractivity contribution in [1.82, 2.24) is 9.55 Å². The number of nitrogens with one attached hydrogen (secondary N) is 1. The normalized spacial score (nSPS) is 25.6. The molecule has 16 heavy (non-hydrogen) atoms. The van der Waals surface area contributed by atoms with Crippen LogP contribution in [0.25, 0.3) is 0 Å². The first-order chi connectivity index (χ1) is 7.53. The number of ether oxygens (including phenoxy) is 1. The fourth-order valence-corrected chi connectivity index (χ4v) is 2.10. The summed E-state index contributed by atoms with van der Waals surface area (Å²) in [5, 5.41) is 9.68. The Morgan fingerprint density at radius 2 is 2.31 bits per heavy atom.